The first kappa shape index (κ1) is 12.3. The number of hydrogen-bond donors (Lipinski definition) is 0. The molecule has 0 atom stereocenters. The van der Waals surface area contributed by atoms with Crippen LogP contribution in [0, 0.1) is 13.8 Å². The number of rotatable bonds is 3. The van der Waals surface area contributed by atoms with Gasteiger partial charge in [-0.3, -0.25) is 0 Å². The van der Waals surface area contributed by atoms with Gasteiger partial charge in [0, 0.05) is 5.56 Å². The van der Waals surface area contributed by atoms with Crippen LogP contribution in [0.2, 0.25) is 0 Å². The van der Waals surface area contributed by atoms with Crippen molar-refractivity contribution in [1.82, 2.24) is 24.9 Å². The van der Waals surface area contributed by atoms with Crippen molar-refractivity contribution in [3.8, 4) is 5.69 Å². The largest absolute Gasteiger partial charge is 0.368 e. The Kier molecular flexibility index (Phi) is 2.94. The maximum absolute atomic E-state index is 12.3. The molecule has 0 radical (unpaired) electrons. The molecule has 0 saturated carbocycles. The molecule has 0 fully saturated rings. The lowest BCUT2D eigenvalue weighted by atomic mass is 10.2. The van der Waals surface area contributed by atoms with Crippen LogP contribution in [0.25, 0.3) is 5.69 Å². The number of hydrogen-bond acceptors (Lipinski definition) is 5. The number of tetrazole rings is 1. The SMILES string of the molecule is Cc1noc(C)c1Cn1nnn(-c2ccccc2)c1=O. The molecular formula is C13H13N5O2. The van der Waals surface area contributed by atoms with Crippen LogP contribution in [-0.4, -0.2) is 24.9 Å². The van der Waals surface area contributed by atoms with E-state index in [0.717, 1.165) is 11.3 Å². The van der Waals surface area contributed by atoms with Gasteiger partial charge >= 0.3 is 5.69 Å². The molecule has 0 aliphatic carbocycles. The fraction of sp³-hybridized carbons (Fsp3) is 0.231. The number of para-hydroxylation sites is 1. The minimum atomic E-state index is -0.295. The van der Waals surface area contributed by atoms with E-state index in [4.69, 9.17) is 4.52 Å². The van der Waals surface area contributed by atoms with Gasteiger partial charge in [0.05, 0.1) is 17.9 Å². The zero-order chi connectivity index (χ0) is 14.1. The van der Waals surface area contributed by atoms with E-state index in [-0.39, 0.29) is 5.69 Å². The third-order valence-electron chi connectivity index (χ3n) is 3.13. The van der Waals surface area contributed by atoms with E-state index in [1.807, 2.05) is 32.0 Å². The summed E-state index contributed by atoms with van der Waals surface area (Å²) in [5, 5.41) is 11.7. The third kappa shape index (κ3) is 2.03. The minimum Gasteiger partial charge on any atom is -0.361 e. The molecule has 20 heavy (non-hydrogen) atoms. The second-order valence-electron chi connectivity index (χ2n) is 4.47. The lowest BCUT2D eigenvalue weighted by Crippen LogP contribution is -2.25. The van der Waals surface area contributed by atoms with Crippen LogP contribution in [-0.2, 0) is 6.54 Å². The molecule has 0 bridgehead atoms. The number of aryl methyl sites for hydroxylation is 2. The Bertz CT molecular complexity index is 765. The van der Waals surface area contributed by atoms with E-state index in [2.05, 4.69) is 15.6 Å². The Morgan fingerprint density at radius 3 is 2.55 bits per heavy atom. The normalized spacial score (nSPS) is 10.9. The van der Waals surface area contributed by atoms with Crippen molar-refractivity contribution in [2.24, 2.45) is 0 Å². The van der Waals surface area contributed by atoms with Gasteiger partial charge in [0.15, 0.2) is 0 Å². The molecule has 0 amide bonds. The van der Waals surface area contributed by atoms with Crippen LogP contribution in [0.15, 0.2) is 39.6 Å². The summed E-state index contributed by atoms with van der Waals surface area (Å²) >= 11 is 0. The topological polar surface area (TPSA) is 78.7 Å². The van der Waals surface area contributed by atoms with Crippen molar-refractivity contribution in [3.63, 3.8) is 0 Å². The Labute approximate surface area is 114 Å². The van der Waals surface area contributed by atoms with Gasteiger partial charge in [-0.25, -0.2) is 4.79 Å². The lowest BCUT2D eigenvalue weighted by molar-refractivity contribution is 0.391. The summed E-state index contributed by atoms with van der Waals surface area (Å²) in [4.78, 5) is 12.3. The predicted molar refractivity (Wildman–Crippen MR) is 70.7 cm³/mol. The zero-order valence-electron chi connectivity index (χ0n) is 11.1. The first-order valence-electron chi connectivity index (χ1n) is 6.17. The van der Waals surface area contributed by atoms with Gasteiger partial charge in [0.1, 0.15) is 5.76 Å². The molecule has 0 unspecified atom stereocenters. The van der Waals surface area contributed by atoms with Crippen molar-refractivity contribution in [1.29, 1.82) is 0 Å². The highest BCUT2D eigenvalue weighted by Crippen LogP contribution is 2.12. The summed E-state index contributed by atoms with van der Waals surface area (Å²) in [5.74, 6) is 0.684. The Morgan fingerprint density at radius 1 is 1.15 bits per heavy atom. The van der Waals surface area contributed by atoms with Crippen LogP contribution in [0.5, 0.6) is 0 Å². The van der Waals surface area contributed by atoms with Crippen LogP contribution >= 0.6 is 0 Å². The zero-order valence-corrected chi connectivity index (χ0v) is 11.1. The summed E-state index contributed by atoms with van der Waals surface area (Å²) in [5.41, 5.74) is 1.99. The van der Waals surface area contributed by atoms with Gasteiger partial charge in [0.25, 0.3) is 0 Å². The average Bonchev–Trinajstić information content (AvgIpc) is 2.98. The molecule has 7 nitrogen and oxygen atoms in total. The Morgan fingerprint density at radius 2 is 1.90 bits per heavy atom. The van der Waals surface area contributed by atoms with Crippen molar-refractivity contribution < 1.29 is 4.52 Å². The predicted octanol–water partition coefficient (Wildman–Crippen LogP) is 1.08. The van der Waals surface area contributed by atoms with Crippen LogP contribution in [0.1, 0.15) is 17.0 Å². The molecular weight excluding hydrogens is 258 g/mol. The molecule has 0 aliphatic heterocycles. The summed E-state index contributed by atoms with van der Waals surface area (Å²) in [6, 6.07) is 9.17. The molecule has 7 heteroatoms. The lowest BCUT2D eigenvalue weighted by Gasteiger charge is -1.98. The van der Waals surface area contributed by atoms with E-state index in [1.165, 1.54) is 9.36 Å². The van der Waals surface area contributed by atoms with Gasteiger partial charge in [-0.05, 0) is 36.4 Å². The molecule has 3 aromatic rings. The number of nitrogens with zero attached hydrogens (tertiary/aromatic N) is 5. The first-order chi connectivity index (χ1) is 9.66. The highest BCUT2D eigenvalue weighted by atomic mass is 16.5. The Balaban J connectivity index is 1.98. The van der Waals surface area contributed by atoms with Gasteiger partial charge in [-0.1, -0.05) is 23.4 Å². The minimum absolute atomic E-state index is 0.295. The summed E-state index contributed by atoms with van der Waals surface area (Å²) in [6.45, 7) is 3.94. The van der Waals surface area contributed by atoms with E-state index in [9.17, 15) is 4.79 Å². The fourth-order valence-electron chi connectivity index (χ4n) is 1.98. The summed E-state index contributed by atoms with van der Waals surface area (Å²) in [7, 11) is 0. The highest BCUT2D eigenvalue weighted by Gasteiger charge is 2.14. The second kappa shape index (κ2) is 4.76. The fourth-order valence-corrected chi connectivity index (χ4v) is 1.98. The van der Waals surface area contributed by atoms with Gasteiger partial charge in [-0.15, -0.1) is 0 Å². The average molecular weight is 271 g/mol. The molecule has 0 saturated heterocycles. The van der Waals surface area contributed by atoms with E-state index < -0.39 is 0 Å². The maximum atomic E-state index is 12.3. The first-order valence-corrected chi connectivity index (χ1v) is 6.17. The molecule has 2 aromatic heterocycles. The molecule has 0 aliphatic rings. The number of aromatic nitrogens is 5. The van der Waals surface area contributed by atoms with Crippen LogP contribution < -0.4 is 5.69 Å². The van der Waals surface area contributed by atoms with Gasteiger partial charge < -0.3 is 4.52 Å². The highest BCUT2D eigenvalue weighted by molar-refractivity contribution is 5.29. The summed E-state index contributed by atoms with van der Waals surface area (Å²) in [6.07, 6.45) is 0. The molecule has 1 aromatic carbocycles. The van der Waals surface area contributed by atoms with Crippen LogP contribution in [0.3, 0.4) is 0 Å². The number of benzene rings is 1. The molecule has 102 valence electrons. The second-order valence-corrected chi connectivity index (χ2v) is 4.47. The van der Waals surface area contributed by atoms with Crippen molar-refractivity contribution in [2.45, 2.75) is 20.4 Å². The quantitative estimate of drug-likeness (QED) is 0.712. The molecule has 2 heterocycles. The third-order valence-corrected chi connectivity index (χ3v) is 3.13. The van der Waals surface area contributed by atoms with Crippen LogP contribution in [0.4, 0.5) is 0 Å². The molecule has 3 rings (SSSR count). The van der Waals surface area contributed by atoms with E-state index >= 15 is 0 Å². The molecule has 0 N–H and O–H groups in total. The Hall–Kier alpha value is -2.70. The smallest absolute Gasteiger partial charge is 0.361 e. The monoisotopic (exact) mass is 271 g/mol. The van der Waals surface area contributed by atoms with E-state index in [1.54, 1.807) is 12.1 Å². The van der Waals surface area contributed by atoms with Crippen molar-refractivity contribution in [2.75, 3.05) is 0 Å². The standard InChI is InChI=1S/C13H13N5O2/c1-9-12(10(2)20-14-9)8-17-13(19)18(16-15-17)11-6-4-3-5-7-11/h3-7H,8H2,1-2H3. The summed E-state index contributed by atoms with van der Waals surface area (Å²) < 4.78 is 7.63. The molecule has 0 spiro atoms. The van der Waals surface area contributed by atoms with Crippen molar-refractivity contribution >= 4 is 0 Å². The maximum Gasteiger partial charge on any atom is 0.368 e. The van der Waals surface area contributed by atoms with E-state index in [0.29, 0.717) is 18.0 Å². The van der Waals surface area contributed by atoms with Gasteiger partial charge in [0.2, 0.25) is 0 Å². The van der Waals surface area contributed by atoms with Crippen molar-refractivity contribution in [3.05, 3.63) is 57.8 Å². The van der Waals surface area contributed by atoms with Gasteiger partial charge in [-0.2, -0.15) is 9.36 Å².